The molecule has 1 aromatic rings. The van der Waals surface area contributed by atoms with Crippen LogP contribution < -0.4 is 10.1 Å². The van der Waals surface area contributed by atoms with Crippen LogP contribution in [0.1, 0.15) is 31.7 Å². The summed E-state index contributed by atoms with van der Waals surface area (Å²) in [7, 11) is -2.90. The number of carbonyl (C=O) groups excluding carboxylic acids is 1. The molecule has 8 heteroatoms. The van der Waals surface area contributed by atoms with Crippen molar-refractivity contribution < 1.29 is 22.7 Å². The Morgan fingerprint density at radius 2 is 2.00 bits per heavy atom. The van der Waals surface area contributed by atoms with E-state index in [2.05, 4.69) is 17.4 Å². The highest BCUT2D eigenvalue weighted by molar-refractivity contribution is 8.02. The first-order valence-electron chi connectivity index (χ1n) is 9.82. The van der Waals surface area contributed by atoms with E-state index in [-0.39, 0.29) is 28.1 Å². The quantitative estimate of drug-likeness (QED) is 0.685. The highest BCUT2D eigenvalue weighted by Crippen LogP contribution is 2.35. The van der Waals surface area contributed by atoms with Crippen LogP contribution in [0, 0.1) is 0 Å². The number of nitrogens with one attached hydrogen (secondary N) is 1. The summed E-state index contributed by atoms with van der Waals surface area (Å²) in [4.78, 5) is 12.4. The van der Waals surface area contributed by atoms with Gasteiger partial charge in [0.15, 0.2) is 9.84 Å². The predicted octanol–water partition coefficient (Wildman–Crippen LogP) is 2.17. The van der Waals surface area contributed by atoms with Gasteiger partial charge in [0.05, 0.1) is 23.9 Å². The van der Waals surface area contributed by atoms with Gasteiger partial charge in [0.1, 0.15) is 5.75 Å². The Morgan fingerprint density at radius 3 is 2.61 bits per heavy atom. The molecule has 2 heterocycles. The Kier molecular flexibility index (Phi) is 7.28. The topological polar surface area (TPSA) is 81.7 Å². The van der Waals surface area contributed by atoms with Crippen LogP contribution in [0.2, 0.25) is 0 Å². The second kappa shape index (κ2) is 9.50. The molecule has 1 amide bonds. The van der Waals surface area contributed by atoms with Crippen molar-refractivity contribution in [2.45, 2.75) is 36.9 Å². The molecule has 1 aromatic carbocycles. The van der Waals surface area contributed by atoms with E-state index in [4.69, 9.17) is 9.47 Å². The maximum atomic E-state index is 12.4. The summed E-state index contributed by atoms with van der Waals surface area (Å²) in [6.45, 7) is 4.51. The molecule has 1 atom stereocenters. The number of hydrogen-bond donors (Lipinski definition) is 1. The number of carbonyl (C=O) groups is 1. The minimum atomic E-state index is -2.90. The van der Waals surface area contributed by atoms with Crippen molar-refractivity contribution >= 4 is 27.5 Å². The SMILES string of the molecule is CCOc1ccc(C2(CNC(=O)CSC3CCS(=O)(=O)C3)CCOCC2)cc1. The molecule has 2 saturated heterocycles. The number of benzene rings is 1. The summed E-state index contributed by atoms with van der Waals surface area (Å²) >= 11 is 1.45. The minimum Gasteiger partial charge on any atom is -0.494 e. The fourth-order valence-corrected chi connectivity index (χ4v) is 7.28. The normalized spacial score (nSPS) is 23.2. The summed E-state index contributed by atoms with van der Waals surface area (Å²) in [5.41, 5.74) is 1.05. The van der Waals surface area contributed by atoms with E-state index in [0.717, 1.165) is 18.6 Å². The van der Waals surface area contributed by atoms with Gasteiger partial charge in [-0.2, -0.15) is 0 Å². The van der Waals surface area contributed by atoms with Crippen molar-refractivity contribution in [2.24, 2.45) is 0 Å². The van der Waals surface area contributed by atoms with Crippen molar-refractivity contribution in [1.29, 1.82) is 0 Å². The van der Waals surface area contributed by atoms with Crippen molar-refractivity contribution in [3.05, 3.63) is 29.8 Å². The zero-order chi connectivity index (χ0) is 20.0. The van der Waals surface area contributed by atoms with Gasteiger partial charge in [-0.3, -0.25) is 4.79 Å². The van der Waals surface area contributed by atoms with Gasteiger partial charge in [-0.1, -0.05) is 12.1 Å². The number of thioether (sulfide) groups is 1. The Balaban J connectivity index is 1.57. The third-order valence-electron chi connectivity index (χ3n) is 5.49. The molecule has 0 saturated carbocycles. The molecule has 1 N–H and O–H groups in total. The van der Waals surface area contributed by atoms with Gasteiger partial charge in [-0.25, -0.2) is 8.42 Å². The lowest BCUT2D eigenvalue weighted by atomic mass is 9.74. The lowest BCUT2D eigenvalue weighted by Gasteiger charge is -2.38. The largest absolute Gasteiger partial charge is 0.494 e. The van der Waals surface area contributed by atoms with Crippen LogP contribution in [0.15, 0.2) is 24.3 Å². The van der Waals surface area contributed by atoms with Gasteiger partial charge in [0, 0.05) is 30.4 Å². The molecule has 2 fully saturated rings. The van der Waals surface area contributed by atoms with Gasteiger partial charge < -0.3 is 14.8 Å². The van der Waals surface area contributed by atoms with Gasteiger partial charge in [0.2, 0.25) is 5.91 Å². The Labute approximate surface area is 171 Å². The summed E-state index contributed by atoms with van der Waals surface area (Å²) < 4.78 is 34.2. The van der Waals surface area contributed by atoms with Crippen LogP contribution in [0.4, 0.5) is 0 Å². The molecular weight excluding hydrogens is 398 g/mol. The molecule has 1 unspecified atom stereocenters. The van der Waals surface area contributed by atoms with E-state index < -0.39 is 9.84 Å². The van der Waals surface area contributed by atoms with Crippen LogP contribution in [0.3, 0.4) is 0 Å². The van der Waals surface area contributed by atoms with Gasteiger partial charge >= 0.3 is 0 Å². The summed E-state index contributed by atoms with van der Waals surface area (Å²) in [6, 6.07) is 8.13. The van der Waals surface area contributed by atoms with Gasteiger partial charge in [-0.15, -0.1) is 11.8 Å². The summed E-state index contributed by atoms with van der Waals surface area (Å²) in [6.07, 6.45) is 2.36. The van der Waals surface area contributed by atoms with E-state index in [1.54, 1.807) is 0 Å². The van der Waals surface area contributed by atoms with E-state index in [0.29, 0.717) is 38.5 Å². The molecule has 3 rings (SSSR count). The molecule has 6 nitrogen and oxygen atoms in total. The zero-order valence-corrected chi connectivity index (χ0v) is 17.9. The third-order valence-corrected chi connectivity index (χ3v) is 8.77. The van der Waals surface area contributed by atoms with Crippen molar-refractivity contribution in [3.63, 3.8) is 0 Å². The number of hydrogen-bond acceptors (Lipinski definition) is 6. The smallest absolute Gasteiger partial charge is 0.230 e. The number of amides is 1. The lowest BCUT2D eigenvalue weighted by molar-refractivity contribution is -0.119. The molecule has 0 spiro atoms. The maximum absolute atomic E-state index is 12.4. The fourth-order valence-electron chi connectivity index (χ4n) is 3.81. The average molecular weight is 428 g/mol. The van der Waals surface area contributed by atoms with E-state index in [1.165, 1.54) is 17.3 Å². The minimum absolute atomic E-state index is 0.0360. The predicted molar refractivity (Wildman–Crippen MR) is 112 cm³/mol. The van der Waals surface area contributed by atoms with E-state index in [9.17, 15) is 13.2 Å². The number of sulfone groups is 1. The highest BCUT2D eigenvalue weighted by atomic mass is 32.2. The van der Waals surface area contributed by atoms with Crippen LogP contribution in [-0.4, -0.2) is 63.2 Å². The van der Waals surface area contributed by atoms with Crippen molar-refractivity contribution in [3.8, 4) is 5.75 Å². The Bertz CT molecular complexity index is 757. The van der Waals surface area contributed by atoms with E-state index >= 15 is 0 Å². The average Bonchev–Trinajstić information content (AvgIpc) is 3.05. The fraction of sp³-hybridized carbons (Fsp3) is 0.650. The maximum Gasteiger partial charge on any atom is 0.230 e. The standard InChI is InChI=1S/C20H29NO5S2/c1-2-26-17-5-3-16(4-6-17)20(8-10-25-11-9-20)15-21-19(22)13-27-18-7-12-28(23,24)14-18/h3-6,18H,2,7-15H2,1H3,(H,21,22). The molecule has 2 aliphatic rings. The second-order valence-corrected chi connectivity index (χ2v) is 11.0. The molecule has 0 aromatic heterocycles. The third kappa shape index (κ3) is 5.64. The monoisotopic (exact) mass is 427 g/mol. The first-order valence-corrected chi connectivity index (χ1v) is 12.7. The molecular formula is C20H29NO5S2. The van der Waals surface area contributed by atoms with Crippen molar-refractivity contribution in [2.75, 3.05) is 43.6 Å². The summed E-state index contributed by atoms with van der Waals surface area (Å²) in [5.74, 6) is 1.55. The number of ether oxygens (including phenoxy) is 2. The molecule has 0 radical (unpaired) electrons. The molecule has 28 heavy (non-hydrogen) atoms. The molecule has 0 aliphatic carbocycles. The van der Waals surface area contributed by atoms with Crippen LogP contribution in [0.25, 0.3) is 0 Å². The Morgan fingerprint density at radius 1 is 1.29 bits per heavy atom. The Hall–Kier alpha value is -1.25. The number of rotatable bonds is 8. The van der Waals surface area contributed by atoms with E-state index in [1.807, 2.05) is 19.1 Å². The van der Waals surface area contributed by atoms with Crippen LogP contribution in [-0.2, 0) is 24.8 Å². The first kappa shape index (κ1) is 21.5. The lowest BCUT2D eigenvalue weighted by Crippen LogP contribution is -2.45. The van der Waals surface area contributed by atoms with Gasteiger partial charge in [0.25, 0.3) is 0 Å². The zero-order valence-electron chi connectivity index (χ0n) is 16.3. The molecule has 2 aliphatic heterocycles. The summed E-state index contributed by atoms with van der Waals surface area (Å²) in [5, 5.41) is 3.12. The molecule has 0 bridgehead atoms. The van der Waals surface area contributed by atoms with Crippen LogP contribution >= 0.6 is 11.8 Å². The second-order valence-electron chi connectivity index (χ2n) is 7.46. The van der Waals surface area contributed by atoms with Gasteiger partial charge in [-0.05, 0) is 43.9 Å². The van der Waals surface area contributed by atoms with Crippen LogP contribution in [0.5, 0.6) is 5.75 Å². The highest BCUT2D eigenvalue weighted by Gasteiger charge is 2.35. The van der Waals surface area contributed by atoms with Crippen molar-refractivity contribution in [1.82, 2.24) is 5.32 Å². The molecule has 156 valence electrons. The first-order chi connectivity index (χ1) is 13.4.